The first kappa shape index (κ1) is 14.4. The van der Waals surface area contributed by atoms with E-state index in [1.165, 1.54) is 7.11 Å². The van der Waals surface area contributed by atoms with Gasteiger partial charge in [-0.15, -0.1) is 0 Å². The van der Waals surface area contributed by atoms with Crippen LogP contribution < -0.4 is 0 Å². The Balaban J connectivity index is 3.27. The van der Waals surface area contributed by atoms with E-state index in [4.69, 9.17) is 0 Å². The number of unbranched alkanes of at least 4 members (excludes halogenated alkanes) is 2. The minimum Gasteiger partial charge on any atom is -0.469 e. The van der Waals surface area contributed by atoms with Gasteiger partial charge in [-0.3, -0.25) is 4.79 Å². The summed E-state index contributed by atoms with van der Waals surface area (Å²) >= 11 is 0. The van der Waals surface area contributed by atoms with Gasteiger partial charge >= 0.3 is 5.97 Å². The van der Waals surface area contributed by atoms with E-state index < -0.39 is 0 Å². The minimum atomic E-state index is -0.178. The predicted molar refractivity (Wildman–Crippen MR) is 60.6 cm³/mol. The van der Waals surface area contributed by atoms with Crippen LogP contribution in [0.1, 0.15) is 52.4 Å². The lowest BCUT2D eigenvalue weighted by Gasteiger charge is -2.12. The molecule has 0 rings (SSSR count). The molecule has 1 N–H and O–H groups in total. The monoisotopic (exact) mass is 216 g/mol. The zero-order valence-electron chi connectivity index (χ0n) is 10.2. The average Bonchev–Trinajstić information content (AvgIpc) is 2.15. The molecule has 15 heavy (non-hydrogen) atoms. The van der Waals surface area contributed by atoms with Gasteiger partial charge in [-0.25, -0.2) is 0 Å². The van der Waals surface area contributed by atoms with E-state index in [1.807, 2.05) is 0 Å². The van der Waals surface area contributed by atoms with Crippen molar-refractivity contribution in [1.82, 2.24) is 0 Å². The Morgan fingerprint density at radius 1 is 1.27 bits per heavy atom. The molecule has 1 unspecified atom stereocenters. The van der Waals surface area contributed by atoms with E-state index in [0.29, 0.717) is 12.3 Å². The van der Waals surface area contributed by atoms with Crippen LogP contribution in [-0.4, -0.2) is 24.3 Å². The number of hydrogen-bond donors (Lipinski definition) is 1. The van der Waals surface area contributed by atoms with Gasteiger partial charge in [-0.2, -0.15) is 0 Å². The largest absolute Gasteiger partial charge is 0.469 e. The first-order chi connectivity index (χ1) is 7.06. The molecule has 0 aliphatic rings. The normalized spacial score (nSPS) is 12.9. The quantitative estimate of drug-likeness (QED) is 0.501. The van der Waals surface area contributed by atoms with Crippen molar-refractivity contribution in [2.24, 2.45) is 5.92 Å². The Bertz CT molecular complexity index is 166. The maximum absolute atomic E-state index is 10.8. The smallest absolute Gasteiger partial charge is 0.305 e. The summed E-state index contributed by atoms with van der Waals surface area (Å²) in [7, 11) is 1.41. The van der Waals surface area contributed by atoms with Crippen LogP contribution in [0.25, 0.3) is 0 Å². The minimum absolute atomic E-state index is 0.141. The summed E-state index contributed by atoms with van der Waals surface area (Å²) in [6.07, 6.45) is 4.88. The summed E-state index contributed by atoms with van der Waals surface area (Å²) in [6.45, 7) is 4.22. The Kier molecular flexibility index (Phi) is 8.38. The van der Waals surface area contributed by atoms with E-state index in [-0.39, 0.29) is 12.1 Å². The van der Waals surface area contributed by atoms with Crippen LogP contribution in [-0.2, 0) is 9.53 Å². The van der Waals surface area contributed by atoms with Crippen LogP contribution in [0.15, 0.2) is 0 Å². The Morgan fingerprint density at radius 2 is 1.93 bits per heavy atom. The third-order valence-corrected chi connectivity index (χ3v) is 2.39. The fourth-order valence-corrected chi connectivity index (χ4v) is 1.59. The molecular weight excluding hydrogens is 192 g/mol. The molecule has 0 aromatic heterocycles. The maximum atomic E-state index is 10.8. The fourth-order valence-electron chi connectivity index (χ4n) is 1.59. The van der Waals surface area contributed by atoms with Gasteiger partial charge in [0.1, 0.15) is 0 Å². The summed E-state index contributed by atoms with van der Waals surface area (Å²) < 4.78 is 4.54. The van der Waals surface area contributed by atoms with Gasteiger partial charge in [0.05, 0.1) is 13.2 Å². The highest BCUT2D eigenvalue weighted by Gasteiger charge is 2.06. The molecule has 3 nitrogen and oxygen atoms in total. The summed E-state index contributed by atoms with van der Waals surface area (Å²) in [6, 6.07) is 0. The molecule has 3 heteroatoms. The van der Waals surface area contributed by atoms with Crippen molar-refractivity contribution in [2.75, 3.05) is 7.11 Å². The van der Waals surface area contributed by atoms with Crippen molar-refractivity contribution < 1.29 is 14.6 Å². The Hall–Kier alpha value is -0.570. The average molecular weight is 216 g/mol. The van der Waals surface area contributed by atoms with Crippen LogP contribution in [0, 0.1) is 5.92 Å². The van der Waals surface area contributed by atoms with Gasteiger partial charge in [0, 0.05) is 6.42 Å². The highest BCUT2D eigenvalue weighted by atomic mass is 16.5. The van der Waals surface area contributed by atoms with Gasteiger partial charge in [0.15, 0.2) is 0 Å². The molecule has 0 fully saturated rings. The first-order valence-corrected chi connectivity index (χ1v) is 5.81. The van der Waals surface area contributed by atoms with Gasteiger partial charge in [0.25, 0.3) is 0 Å². The SMILES string of the molecule is COC(=O)CCCCCC(O)CC(C)C. The highest BCUT2D eigenvalue weighted by molar-refractivity contribution is 5.68. The van der Waals surface area contributed by atoms with Crippen molar-refractivity contribution in [2.45, 2.75) is 58.5 Å². The van der Waals surface area contributed by atoms with Gasteiger partial charge in [-0.05, 0) is 25.2 Å². The zero-order valence-corrected chi connectivity index (χ0v) is 10.2. The molecule has 0 amide bonds. The molecule has 0 aliphatic carbocycles. The predicted octanol–water partition coefficient (Wildman–Crippen LogP) is 2.52. The molecular formula is C12H24O3. The van der Waals surface area contributed by atoms with Crippen molar-refractivity contribution in [3.8, 4) is 0 Å². The fraction of sp³-hybridized carbons (Fsp3) is 0.917. The summed E-state index contributed by atoms with van der Waals surface area (Å²) in [5.74, 6) is 0.410. The van der Waals surface area contributed by atoms with Crippen molar-refractivity contribution in [3.05, 3.63) is 0 Å². The molecule has 0 spiro atoms. The number of carbonyl (C=O) groups excluding carboxylic acids is 1. The lowest BCUT2D eigenvalue weighted by Crippen LogP contribution is -2.09. The number of rotatable bonds is 8. The third kappa shape index (κ3) is 9.73. The number of hydrogen-bond acceptors (Lipinski definition) is 3. The highest BCUT2D eigenvalue weighted by Crippen LogP contribution is 2.12. The number of carbonyl (C=O) groups is 1. The van der Waals surface area contributed by atoms with Crippen LogP contribution >= 0.6 is 0 Å². The molecule has 0 radical (unpaired) electrons. The van der Waals surface area contributed by atoms with Crippen molar-refractivity contribution >= 4 is 5.97 Å². The van der Waals surface area contributed by atoms with E-state index in [1.54, 1.807) is 0 Å². The molecule has 0 heterocycles. The summed E-state index contributed by atoms with van der Waals surface area (Å²) in [4.78, 5) is 10.8. The van der Waals surface area contributed by atoms with Crippen LogP contribution in [0.5, 0.6) is 0 Å². The van der Waals surface area contributed by atoms with E-state index in [2.05, 4.69) is 18.6 Å². The number of methoxy groups -OCH3 is 1. The number of ether oxygens (including phenoxy) is 1. The topological polar surface area (TPSA) is 46.5 Å². The lowest BCUT2D eigenvalue weighted by atomic mass is 10.0. The Morgan fingerprint density at radius 3 is 2.47 bits per heavy atom. The molecule has 0 saturated carbocycles. The van der Waals surface area contributed by atoms with Crippen LogP contribution in [0.2, 0.25) is 0 Å². The maximum Gasteiger partial charge on any atom is 0.305 e. The molecule has 0 aliphatic heterocycles. The molecule has 0 aromatic rings. The number of aliphatic hydroxyl groups excluding tert-OH is 1. The standard InChI is InChI=1S/C12H24O3/c1-10(2)9-11(13)7-5-4-6-8-12(14)15-3/h10-11,13H,4-9H2,1-3H3. The molecule has 0 saturated heterocycles. The Labute approximate surface area is 92.8 Å². The van der Waals surface area contributed by atoms with Crippen molar-refractivity contribution in [3.63, 3.8) is 0 Å². The zero-order chi connectivity index (χ0) is 11.7. The second-order valence-electron chi connectivity index (χ2n) is 4.46. The molecule has 90 valence electrons. The van der Waals surface area contributed by atoms with E-state index >= 15 is 0 Å². The second kappa shape index (κ2) is 8.72. The van der Waals surface area contributed by atoms with E-state index in [9.17, 15) is 9.90 Å². The number of esters is 1. The van der Waals surface area contributed by atoms with Crippen LogP contribution in [0.3, 0.4) is 0 Å². The molecule has 0 bridgehead atoms. The second-order valence-corrected chi connectivity index (χ2v) is 4.46. The summed E-state index contributed by atoms with van der Waals surface area (Å²) in [5.41, 5.74) is 0. The lowest BCUT2D eigenvalue weighted by molar-refractivity contribution is -0.140. The number of aliphatic hydroxyl groups is 1. The van der Waals surface area contributed by atoms with Gasteiger partial charge < -0.3 is 9.84 Å². The summed E-state index contributed by atoms with van der Waals surface area (Å²) in [5, 5.41) is 9.58. The van der Waals surface area contributed by atoms with Crippen molar-refractivity contribution in [1.29, 1.82) is 0 Å². The molecule has 1 atom stereocenters. The van der Waals surface area contributed by atoms with Gasteiger partial charge in [-0.1, -0.05) is 26.7 Å². The van der Waals surface area contributed by atoms with Gasteiger partial charge in [0.2, 0.25) is 0 Å². The third-order valence-electron chi connectivity index (χ3n) is 2.39. The first-order valence-electron chi connectivity index (χ1n) is 5.81. The molecule has 0 aromatic carbocycles. The van der Waals surface area contributed by atoms with E-state index in [0.717, 1.165) is 32.1 Å². The van der Waals surface area contributed by atoms with Crippen LogP contribution in [0.4, 0.5) is 0 Å².